The van der Waals surface area contributed by atoms with Crippen molar-refractivity contribution in [1.29, 1.82) is 0 Å². The van der Waals surface area contributed by atoms with E-state index < -0.39 is 10.0 Å². The van der Waals surface area contributed by atoms with E-state index in [4.69, 9.17) is 23.2 Å². The van der Waals surface area contributed by atoms with Crippen molar-refractivity contribution in [3.63, 3.8) is 0 Å². The molecule has 0 aliphatic heterocycles. The number of rotatable bonds is 6. The van der Waals surface area contributed by atoms with E-state index in [-0.39, 0.29) is 15.3 Å². The van der Waals surface area contributed by atoms with Gasteiger partial charge in [0.25, 0.3) is 0 Å². The van der Waals surface area contributed by atoms with Crippen molar-refractivity contribution in [3.05, 3.63) is 27.7 Å². The van der Waals surface area contributed by atoms with Crippen LogP contribution in [-0.4, -0.2) is 22.0 Å². The topological polar surface area (TPSA) is 58.2 Å². The van der Waals surface area contributed by atoms with E-state index in [1.807, 2.05) is 0 Å². The third-order valence-corrected chi connectivity index (χ3v) is 6.19. The monoisotopic (exact) mass is 350 g/mol. The third-order valence-electron chi connectivity index (χ3n) is 3.99. The SMILES string of the molecule is CNCc1cc(Cl)cc(S(=O)(=O)NCC2(C)CCC2)c1Cl. The highest BCUT2D eigenvalue weighted by atomic mass is 35.5. The van der Waals surface area contributed by atoms with Gasteiger partial charge in [-0.25, -0.2) is 13.1 Å². The molecule has 21 heavy (non-hydrogen) atoms. The first-order valence-corrected chi connectivity index (χ1v) is 9.13. The molecule has 2 N–H and O–H groups in total. The van der Waals surface area contributed by atoms with Crippen LogP contribution in [0.15, 0.2) is 17.0 Å². The van der Waals surface area contributed by atoms with Gasteiger partial charge < -0.3 is 5.32 Å². The van der Waals surface area contributed by atoms with Gasteiger partial charge in [0.05, 0.1) is 5.02 Å². The lowest BCUT2D eigenvalue weighted by Crippen LogP contribution is -2.40. The van der Waals surface area contributed by atoms with Crippen LogP contribution < -0.4 is 10.0 Å². The van der Waals surface area contributed by atoms with Crippen LogP contribution in [0.1, 0.15) is 31.7 Å². The molecule has 0 amide bonds. The molecule has 0 heterocycles. The van der Waals surface area contributed by atoms with Crippen LogP contribution in [0.4, 0.5) is 0 Å². The Balaban J connectivity index is 2.26. The minimum Gasteiger partial charge on any atom is -0.316 e. The van der Waals surface area contributed by atoms with Crippen molar-refractivity contribution in [2.45, 2.75) is 37.6 Å². The van der Waals surface area contributed by atoms with E-state index in [0.29, 0.717) is 23.7 Å². The largest absolute Gasteiger partial charge is 0.316 e. The molecule has 2 rings (SSSR count). The quantitative estimate of drug-likeness (QED) is 0.828. The van der Waals surface area contributed by atoms with Gasteiger partial charge >= 0.3 is 0 Å². The fraction of sp³-hybridized carbons (Fsp3) is 0.571. The molecule has 0 bridgehead atoms. The summed E-state index contributed by atoms with van der Waals surface area (Å²) in [7, 11) is -1.89. The molecule has 7 heteroatoms. The molecule has 118 valence electrons. The van der Waals surface area contributed by atoms with Gasteiger partial charge in [-0.1, -0.05) is 36.5 Å². The Morgan fingerprint density at radius 2 is 1.95 bits per heavy atom. The summed E-state index contributed by atoms with van der Waals surface area (Å²) in [6, 6.07) is 3.07. The predicted molar refractivity (Wildman–Crippen MR) is 86.4 cm³/mol. The molecule has 0 saturated heterocycles. The molecule has 0 radical (unpaired) electrons. The fourth-order valence-electron chi connectivity index (χ4n) is 2.44. The molecular weight excluding hydrogens is 331 g/mol. The standard InChI is InChI=1S/C14H20Cl2N2O2S/c1-14(4-3-5-14)9-18-21(19,20)12-7-11(15)6-10(8-17-2)13(12)16/h6-7,17-18H,3-5,8-9H2,1-2H3. The van der Waals surface area contributed by atoms with E-state index in [2.05, 4.69) is 17.0 Å². The van der Waals surface area contributed by atoms with Crippen molar-refractivity contribution in [2.75, 3.05) is 13.6 Å². The summed E-state index contributed by atoms with van der Waals surface area (Å²) in [4.78, 5) is 0.0461. The van der Waals surface area contributed by atoms with Crippen LogP contribution in [-0.2, 0) is 16.6 Å². The Labute approximate surface area is 136 Å². The highest BCUT2D eigenvalue weighted by Gasteiger charge is 2.33. The molecule has 1 fully saturated rings. The van der Waals surface area contributed by atoms with Gasteiger partial charge in [-0.3, -0.25) is 0 Å². The second kappa shape index (κ2) is 6.42. The average Bonchev–Trinajstić information content (AvgIpc) is 2.38. The Kier molecular flexibility index (Phi) is 5.21. The summed E-state index contributed by atoms with van der Waals surface area (Å²) in [5.41, 5.74) is 0.730. The average molecular weight is 351 g/mol. The molecule has 1 aromatic rings. The van der Waals surface area contributed by atoms with E-state index in [0.717, 1.165) is 19.3 Å². The maximum absolute atomic E-state index is 12.5. The molecule has 1 aromatic carbocycles. The predicted octanol–water partition coefficient (Wildman–Crippen LogP) is 3.18. The Morgan fingerprint density at radius 3 is 2.48 bits per heavy atom. The molecule has 0 spiro atoms. The number of benzene rings is 1. The van der Waals surface area contributed by atoms with Gasteiger partial charge in [0.1, 0.15) is 4.90 Å². The lowest BCUT2D eigenvalue weighted by Gasteiger charge is -2.38. The minimum atomic E-state index is -3.66. The number of nitrogens with one attached hydrogen (secondary N) is 2. The summed E-state index contributed by atoms with van der Waals surface area (Å²) in [6.07, 6.45) is 3.25. The van der Waals surface area contributed by atoms with E-state index in [1.54, 1.807) is 13.1 Å². The second-order valence-corrected chi connectivity index (χ2v) is 8.45. The van der Waals surface area contributed by atoms with Crippen molar-refractivity contribution in [1.82, 2.24) is 10.0 Å². The van der Waals surface area contributed by atoms with E-state index >= 15 is 0 Å². The number of hydrogen-bond donors (Lipinski definition) is 2. The van der Waals surface area contributed by atoms with Gasteiger partial charge in [-0.2, -0.15) is 0 Å². The van der Waals surface area contributed by atoms with Gasteiger partial charge in [0.2, 0.25) is 10.0 Å². The molecule has 0 aromatic heterocycles. The first-order valence-electron chi connectivity index (χ1n) is 6.90. The summed E-state index contributed by atoms with van der Waals surface area (Å²) >= 11 is 12.2. The van der Waals surface area contributed by atoms with Gasteiger partial charge in [-0.05, 0) is 43.0 Å². The minimum absolute atomic E-state index is 0.0461. The van der Waals surface area contributed by atoms with E-state index in [9.17, 15) is 8.42 Å². The van der Waals surface area contributed by atoms with Gasteiger partial charge in [0, 0.05) is 18.1 Å². The normalized spacial score (nSPS) is 17.5. The smallest absolute Gasteiger partial charge is 0.242 e. The highest BCUT2D eigenvalue weighted by molar-refractivity contribution is 7.89. The molecule has 4 nitrogen and oxygen atoms in total. The first-order chi connectivity index (χ1) is 9.77. The Morgan fingerprint density at radius 1 is 1.29 bits per heavy atom. The van der Waals surface area contributed by atoms with Crippen molar-refractivity contribution in [3.8, 4) is 0 Å². The molecule has 1 saturated carbocycles. The molecule has 0 atom stereocenters. The lowest BCUT2D eigenvalue weighted by molar-refractivity contribution is 0.166. The summed E-state index contributed by atoms with van der Waals surface area (Å²) < 4.78 is 27.6. The zero-order valence-corrected chi connectivity index (χ0v) is 14.5. The number of hydrogen-bond acceptors (Lipinski definition) is 3. The third kappa shape index (κ3) is 3.90. The molecule has 1 aliphatic rings. The van der Waals surface area contributed by atoms with Crippen LogP contribution in [0, 0.1) is 5.41 Å². The van der Waals surface area contributed by atoms with Crippen LogP contribution in [0.25, 0.3) is 0 Å². The Hall–Kier alpha value is -0.330. The Bertz CT molecular complexity index is 628. The number of sulfonamides is 1. The van der Waals surface area contributed by atoms with Crippen molar-refractivity contribution in [2.24, 2.45) is 5.41 Å². The second-order valence-electron chi connectivity index (χ2n) is 5.90. The van der Waals surface area contributed by atoms with E-state index in [1.165, 1.54) is 6.07 Å². The maximum atomic E-state index is 12.5. The highest BCUT2D eigenvalue weighted by Crippen LogP contribution is 2.40. The number of halogens is 2. The zero-order chi connectivity index (χ0) is 15.7. The van der Waals surface area contributed by atoms with Crippen LogP contribution >= 0.6 is 23.2 Å². The van der Waals surface area contributed by atoms with Crippen LogP contribution in [0.3, 0.4) is 0 Å². The summed E-state index contributed by atoms with van der Waals surface area (Å²) in [6.45, 7) is 2.98. The maximum Gasteiger partial charge on any atom is 0.242 e. The molecular formula is C14H20Cl2N2O2S. The summed E-state index contributed by atoms with van der Waals surface area (Å²) in [5, 5.41) is 3.53. The molecule has 0 unspecified atom stereocenters. The summed E-state index contributed by atoms with van der Waals surface area (Å²) in [5.74, 6) is 0. The van der Waals surface area contributed by atoms with Crippen LogP contribution in [0.5, 0.6) is 0 Å². The molecule has 1 aliphatic carbocycles. The zero-order valence-electron chi connectivity index (χ0n) is 12.2. The van der Waals surface area contributed by atoms with Gasteiger partial charge in [0.15, 0.2) is 0 Å². The van der Waals surface area contributed by atoms with Crippen molar-refractivity contribution >= 4 is 33.2 Å². The first kappa shape index (κ1) is 17.0. The lowest BCUT2D eigenvalue weighted by atomic mass is 9.71. The van der Waals surface area contributed by atoms with Crippen molar-refractivity contribution < 1.29 is 8.42 Å². The fourth-order valence-corrected chi connectivity index (χ4v) is 4.57. The van der Waals surface area contributed by atoms with Gasteiger partial charge in [-0.15, -0.1) is 0 Å². The van der Waals surface area contributed by atoms with Crippen LogP contribution in [0.2, 0.25) is 10.0 Å².